The van der Waals surface area contributed by atoms with E-state index < -0.39 is 5.91 Å². The van der Waals surface area contributed by atoms with Gasteiger partial charge in [0.1, 0.15) is 0 Å². The topological polar surface area (TPSA) is 138 Å². The van der Waals surface area contributed by atoms with Crippen LogP contribution in [-0.2, 0) is 16.1 Å². The summed E-state index contributed by atoms with van der Waals surface area (Å²) in [6.07, 6.45) is 7.94. The zero-order valence-corrected chi connectivity index (χ0v) is 18.0. The number of imidazole rings is 1. The molecule has 0 aliphatic carbocycles. The number of nitrogens with zero attached hydrogens (tertiary/aromatic N) is 4. The monoisotopic (exact) mass is 447 g/mol. The molecule has 3 heterocycles. The summed E-state index contributed by atoms with van der Waals surface area (Å²) >= 11 is 0. The minimum Gasteiger partial charge on any atom is -0.326 e. The minimum atomic E-state index is -0.415. The molecule has 0 atom stereocenters. The molecule has 0 saturated carbocycles. The van der Waals surface area contributed by atoms with Gasteiger partial charge in [0.15, 0.2) is 5.82 Å². The normalized spacial score (nSPS) is 10.9. The van der Waals surface area contributed by atoms with Gasteiger partial charge in [-0.15, -0.1) is 0 Å². The molecule has 2 amide bonds. The van der Waals surface area contributed by atoms with Crippen LogP contribution in [0.25, 0.3) is 22.3 Å². The zero-order chi connectivity index (χ0) is 23.0. The predicted octanol–water partition coefficient (Wildman–Crippen LogP) is 3.26. The number of hydrogen-bond donors (Lipinski definition) is 4. The zero-order valence-electron chi connectivity index (χ0n) is 18.0. The van der Waals surface area contributed by atoms with Crippen molar-refractivity contribution in [2.24, 2.45) is 0 Å². The number of rotatable bonds is 10. The molecule has 0 unspecified atom stereocenters. The number of hydrogen-bond acceptors (Lipinski definition) is 6. The van der Waals surface area contributed by atoms with E-state index in [1.165, 1.54) is 0 Å². The molecule has 0 radical (unpaired) electrons. The van der Waals surface area contributed by atoms with E-state index in [1.54, 1.807) is 23.9 Å². The molecular weight excluding hydrogens is 422 g/mol. The van der Waals surface area contributed by atoms with Gasteiger partial charge in [-0.3, -0.25) is 24.9 Å². The molecule has 170 valence electrons. The average Bonchev–Trinajstić information content (AvgIpc) is 3.46. The van der Waals surface area contributed by atoms with E-state index in [2.05, 4.69) is 30.0 Å². The van der Waals surface area contributed by atoms with E-state index in [-0.39, 0.29) is 12.3 Å². The summed E-state index contributed by atoms with van der Waals surface area (Å²) in [4.78, 5) is 31.7. The molecule has 10 heteroatoms. The van der Waals surface area contributed by atoms with E-state index >= 15 is 0 Å². The number of benzene rings is 1. The Balaban J connectivity index is 1.36. The molecule has 3 aromatic heterocycles. The highest BCUT2D eigenvalue weighted by Crippen LogP contribution is 2.25. The highest BCUT2D eigenvalue weighted by atomic mass is 16.5. The number of amides is 2. The van der Waals surface area contributed by atoms with E-state index in [0.29, 0.717) is 31.6 Å². The number of hydroxylamine groups is 1. The van der Waals surface area contributed by atoms with Crippen molar-refractivity contribution in [3.8, 4) is 11.3 Å². The molecule has 4 aromatic rings. The van der Waals surface area contributed by atoms with Crippen molar-refractivity contribution < 1.29 is 14.8 Å². The summed E-state index contributed by atoms with van der Waals surface area (Å²) in [5.74, 6) is -0.0901. The summed E-state index contributed by atoms with van der Waals surface area (Å²) in [5.41, 5.74) is 6.36. The van der Waals surface area contributed by atoms with Crippen LogP contribution in [-0.4, -0.2) is 41.8 Å². The second-order valence-corrected chi connectivity index (χ2v) is 7.74. The molecule has 1 aromatic carbocycles. The number of aromatic amines is 1. The first-order valence-corrected chi connectivity index (χ1v) is 10.7. The van der Waals surface area contributed by atoms with Gasteiger partial charge in [0.05, 0.1) is 23.1 Å². The van der Waals surface area contributed by atoms with Crippen molar-refractivity contribution in [3.63, 3.8) is 0 Å². The van der Waals surface area contributed by atoms with Gasteiger partial charge >= 0.3 is 0 Å². The molecule has 0 saturated heterocycles. The van der Waals surface area contributed by atoms with Crippen LogP contribution < -0.4 is 10.8 Å². The summed E-state index contributed by atoms with van der Waals surface area (Å²) in [6, 6.07) is 11.7. The lowest BCUT2D eigenvalue weighted by Gasteiger charge is -2.05. The summed E-state index contributed by atoms with van der Waals surface area (Å²) in [5, 5.41) is 18.4. The summed E-state index contributed by atoms with van der Waals surface area (Å²) in [7, 11) is 0. The van der Waals surface area contributed by atoms with Crippen molar-refractivity contribution in [2.75, 3.05) is 5.32 Å². The van der Waals surface area contributed by atoms with Gasteiger partial charge < -0.3 is 9.88 Å². The standard InChI is InChI=1S/C23H25N7O3/c31-22(4-2-1-3-5-23(32)29-33)26-21-13-19(27-28-21)17-6-7-18-20(12-17)30(15-25-18)14-16-8-10-24-11-9-16/h6-13,15,33H,1-5,14H2,(H,29,32)(H2,26,27,28,31). The number of carbonyl (C=O) groups excluding carboxylic acids is 2. The smallest absolute Gasteiger partial charge is 0.243 e. The Hall–Kier alpha value is -4.05. The SMILES string of the molecule is O=C(CCCCCC(=O)Nc1cc(-c2ccc3ncn(Cc4ccncc4)c3c2)[nH]n1)NO. The maximum Gasteiger partial charge on any atom is 0.243 e. The van der Waals surface area contributed by atoms with E-state index in [4.69, 9.17) is 5.21 Å². The van der Waals surface area contributed by atoms with Crippen molar-refractivity contribution in [1.82, 2.24) is 30.2 Å². The van der Waals surface area contributed by atoms with Crippen LogP contribution in [0.2, 0.25) is 0 Å². The van der Waals surface area contributed by atoms with Crippen LogP contribution in [0, 0.1) is 0 Å². The van der Waals surface area contributed by atoms with Gasteiger partial charge in [-0.25, -0.2) is 10.5 Å². The lowest BCUT2D eigenvalue weighted by atomic mass is 10.1. The fraction of sp³-hybridized carbons (Fsp3) is 0.261. The third-order valence-electron chi connectivity index (χ3n) is 5.31. The highest BCUT2D eigenvalue weighted by Gasteiger charge is 2.10. The molecular formula is C23H25N7O3. The number of H-pyrrole nitrogens is 1. The van der Waals surface area contributed by atoms with Crippen molar-refractivity contribution in [2.45, 2.75) is 38.6 Å². The van der Waals surface area contributed by atoms with Crippen molar-refractivity contribution >= 4 is 28.7 Å². The quantitative estimate of drug-likeness (QED) is 0.167. The van der Waals surface area contributed by atoms with E-state index in [0.717, 1.165) is 34.3 Å². The van der Waals surface area contributed by atoms with Crippen LogP contribution in [0.3, 0.4) is 0 Å². The number of aromatic nitrogens is 5. The second-order valence-electron chi connectivity index (χ2n) is 7.74. The van der Waals surface area contributed by atoms with Gasteiger partial charge in [0, 0.05) is 43.4 Å². The Kier molecular flexibility index (Phi) is 7.06. The first-order chi connectivity index (χ1) is 16.1. The number of unbranched alkanes of at least 4 members (excludes halogenated alkanes) is 2. The van der Waals surface area contributed by atoms with Crippen LogP contribution in [0.15, 0.2) is 55.1 Å². The van der Waals surface area contributed by atoms with Gasteiger partial charge in [-0.1, -0.05) is 12.5 Å². The third-order valence-corrected chi connectivity index (χ3v) is 5.31. The van der Waals surface area contributed by atoms with Gasteiger partial charge in [0.25, 0.3) is 0 Å². The first-order valence-electron chi connectivity index (χ1n) is 10.7. The summed E-state index contributed by atoms with van der Waals surface area (Å²) in [6.45, 7) is 0.692. The first kappa shape index (κ1) is 22.2. The molecule has 0 aliphatic rings. The molecule has 10 nitrogen and oxygen atoms in total. The van der Waals surface area contributed by atoms with E-state index in [1.807, 2.05) is 36.7 Å². The number of nitrogens with one attached hydrogen (secondary N) is 3. The summed E-state index contributed by atoms with van der Waals surface area (Å²) < 4.78 is 2.08. The molecule has 0 bridgehead atoms. The van der Waals surface area contributed by atoms with Crippen LogP contribution in [0.5, 0.6) is 0 Å². The fourth-order valence-corrected chi connectivity index (χ4v) is 3.58. The van der Waals surface area contributed by atoms with Crippen LogP contribution in [0.4, 0.5) is 5.82 Å². The molecule has 0 aliphatic heterocycles. The fourth-order valence-electron chi connectivity index (χ4n) is 3.58. The molecule has 0 spiro atoms. The minimum absolute atomic E-state index is 0.134. The Morgan fingerprint density at radius 1 is 1.00 bits per heavy atom. The maximum absolute atomic E-state index is 12.2. The van der Waals surface area contributed by atoms with Crippen molar-refractivity contribution in [3.05, 3.63) is 60.7 Å². The molecule has 0 fully saturated rings. The van der Waals surface area contributed by atoms with Gasteiger partial charge in [-0.2, -0.15) is 5.10 Å². The number of carbonyl (C=O) groups is 2. The number of fused-ring (bicyclic) bond motifs is 1. The Bertz CT molecular complexity index is 1230. The highest BCUT2D eigenvalue weighted by molar-refractivity contribution is 5.90. The van der Waals surface area contributed by atoms with Crippen molar-refractivity contribution in [1.29, 1.82) is 0 Å². The second kappa shape index (κ2) is 10.5. The van der Waals surface area contributed by atoms with Gasteiger partial charge in [0.2, 0.25) is 11.8 Å². The number of pyridine rings is 1. The lowest BCUT2D eigenvalue weighted by Crippen LogP contribution is -2.17. The van der Waals surface area contributed by atoms with Crippen LogP contribution >= 0.6 is 0 Å². The third kappa shape index (κ3) is 5.80. The Morgan fingerprint density at radius 2 is 1.79 bits per heavy atom. The Labute approximate surface area is 190 Å². The number of anilines is 1. The Morgan fingerprint density at radius 3 is 2.58 bits per heavy atom. The molecule has 33 heavy (non-hydrogen) atoms. The van der Waals surface area contributed by atoms with E-state index in [9.17, 15) is 9.59 Å². The lowest BCUT2D eigenvalue weighted by molar-refractivity contribution is -0.129. The van der Waals surface area contributed by atoms with Gasteiger partial charge in [-0.05, 0) is 42.7 Å². The van der Waals surface area contributed by atoms with Crippen LogP contribution in [0.1, 0.15) is 37.7 Å². The molecule has 4 rings (SSSR count). The maximum atomic E-state index is 12.2. The molecule has 4 N–H and O–H groups in total. The predicted molar refractivity (Wildman–Crippen MR) is 122 cm³/mol. The average molecular weight is 447 g/mol. The largest absolute Gasteiger partial charge is 0.326 e.